The number of aromatic amines is 1. The molecule has 1 aliphatic carbocycles. The SMILES string of the molecule is Cc1nc2c(OCC3CCCCC3)cccn2c1C(=O)N[C@@](C)(CO)c1cccc(-c2nn[nH]n2)c1. The second kappa shape index (κ2) is 10.1. The van der Waals surface area contributed by atoms with Crippen LogP contribution < -0.4 is 10.1 Å². The molecule has 188 valence electrons. The minimum atomic E-state index is -1.05. The van der Waals surface area contributed by atoms with Crippen LogP contribution in [0, 0.1) is 12.8 Å². The molecule has 5 rings (SSSR count). The Kier molecular flexibility index (Phi) is 6.69. The van der Waals surface area contributed by atoms with Gasteiger partial charge in [-0.1, -0.05) is 37.5 Å². The Hall–Kier alpha value is -3.79. The quantitative estimate of drug-likeness (QED) is 0.346. The molecule has 1 aliphatic rings. The van der Waals surface area contributed by atoms with E-state index in [-0.39, 0.29) is 12.5 Å². The molecule has 4 aromatic rings. The molecule has 36 heavy (non-hydrogen) atoms. The second-order valence-corrected chi connectivity index (χ2v) is 9.69. The molecule has 3 heterocycles. The molecule has 0 spiro atoms. The number of aliphatic hydroxyl groups is 1. The summed E-state index contributed by atoms with van der Waals surface area (Å²) in [5.41, 5.74) is 1.98. The van der Waals surface area contributed by atoms with Crippen LogP contribution in [-0.2, 0) is 5.54 Å². The average molecular weight is 490 g/mol. The first-order valence-electron chi connectivity index (χ1n) is 12.4. The van der Waals surface area contributed by atoms with Crippen LogP contribution in [0.5, 0.6) is 5.75 Å². The molecular weight excluding hydrogens is 458 g/mol. The Balaban J connectivity index is 1.40. The van der Waals surface area contributed by atoms with Gasteiger partial charge in [0.15, 0.2) is 11.4 Å². The molecule has 0 bridgehead atoms. The highest BCUT2D eigenvalue weighted by molar-refractivity contribution is 5.95. The van der Waals surface area contributed by atoms with Crippen LogP contribution in [0.25, 0.3) is 17.0 Å². The molecule has 1 atom stereocenters. The predicted molar refractivity (Wildman–Crippen MR) is 134 cm³/mol. The highest BCUT2D eigenvalue weighted by atomic mass is 16.5. The standard InChI is InChI=1S/C26H31N7O3/c1-17-22(33-13-7-12-21(24(33)27-17)36-15-18-8-4-3-5-9-18)25(35)28-26(2,16-34)20-11-6-10-19(14-20)23-29-31-32-30-23/h6-7,10-14,18,34H,3-5,8-9,15-16H2,1-2H3,(H,28,35)(H,29,30,31,32)/t26-/m0/s1. The van der Waals surface area contributed by atoms with Crippen molar-refractivity contribution >= 4 is 11.6 Å². The van der Waals surface area contributed by atoms with Gasteiger partial charge >= 0.3 is 0 Å². The van der Waals surface area contributed by atoms with E-state index in [1.54, 1.807) is 18.2 Å². The number of fused-ring (bicyclic) bond motifs is 1. The number of hydrogen-bond donors (Lipinski definition) is 3. The highest BCUT2D eigenvalue weighted by Gasteiger charge is 2.31. The van der Waals surface area contributed by atoms with Crippen LogP contribution in [0.3, 0.4) is 0 Å². The monoisotopic (exact) mass is 489 g/mol. The molecule has 0 radical (unpaired) electrons. The number of H-pyrrole nitrogens is 1. The summed E-state index contributed by atoms with van der Waals surface area (Å²) in [6.07, 6.45) is 8.01. The first-order valence-corrected chi connectivity index (χ1v) is 12.4. The van der Waals surface area contributed by atoms with Gasteiger partial charge in [-0.3, -0.25) is 9.20 Å². The molecule has 1 saturated carbocycles. The summed E-state index contributed by atoms with van der Waals surface area (Å²) in [6, 6.07) is 11.1. The molecule has 0 aliphatic heterocycles. The van der Waals surface area contributed by atoms with E-state index in [0.717, 1.165) is 5.56 Å². The number of nitrogens with zero attached hydrogens (tertiary/aromatic N) is 5. The van der Waals surface area contributed by atoms with Crippen molar-refractivity contribution < 1.29 is 14.6 Å². The van der Waals surface area contributed by atoms with Crippen LogP contribution in [0.2, 0.25) is 0 Å². The molecule has 10 heteroatoms. The van der Waals surface area contributed by atoms with Gasteiger partial charge in [0.25, 0.3) is 5.91 Å². The molecular formula is C26H31N7O3. The van der Waals surface area contributed by atoms with Crippen LogP contribution in [-0.4, -0.2) is 54.2 Å². The number of aryl methyl sites for hydroxylation is 1. The predicted octanol–water partition coefficient (Wildman–Crippen LogP) is 3.42. The summed E-state index contributed by atoms with van der Waals surface area (Å²) < 4.78 is 7.93. The zero-order chi connectivity index (χ0) is 25.1. The first-order chi connectivity index (χ1) is 17.5. The molecule has 3 N–H and O–H groups in total. The minimum absolute atomic E-state index is 0.306. The van der Waals surface area contributed by atoms with Crippen molar-refractivity contribution in [1.29, 1.82) is 0 Å². The largest absolute Gasteiger partial charge is 0.489 e. The van der Waals surface area contributed by atoms with Crippen LogP contribution in [0.4, 0.5) is 0 Å². The van der Waals surface area contributed by atoms with E-state index < -0.39 is 5.54 Å². The molecule has 1 amide bonds. The summed E-state index contributed by atoms with van der Waals surface area (Å²) >= 11 is 0. The van der Waals surface area contributed by atoms with E-state index in [9.17, 15) is 9.90 Å². The van der Waals surface area contributed by atoms with Gasteiger partial charge in [-0.15, -0.1) is 10.2 Å². The van der Waals surface area contributed by atoms with Gasteiger partial charge in [-0.2, -0.15) is 5.21 Å². The summed E-state index contributed by atoms with van der Waals surface area (Å²) in [7, 11) is 0. The van der Waals surface area contributed by atoms with Gasteiger partial charge in [-0.05, 0) is 61.6 Å². The Morgan fingerprint density at radius 2 is 2.08 bits per heavy atom. The number of aliphatic hydroxyl groups excluding tert-OH is 1. The van der Waals surface area contributed by atoms with Crippen molar-refractivity contribution in [2.75, 3.05) is 13.2 Å². The van der Waals surface area contributed by atoms with Crippen molar-refractivity contribution in [3.8, 4) is 17.1 Å². The van der Waals surface area contributed by atoms with Crippen molar-refractivity contribution in [1.82, 2.24) is 35.3 Å². The Bertz CT molecular complexity index is 1350. The Morgan fingerprint density at radius 3 is 2.83 bits per heavy atom. The fourth-order valence-electron chi connectivity index (χ4n) is 4.90. The molecule has 0 unspecified atom stereocenters. The Labute approximate surface area is 209 Å². The van der Waals surface area contributed by atoms with E-state index in [1.807, 2.05) is 42.6 Å². The van der Waals surface area contributed by atoms with Gasteiger partial charge in [0.05, 0.1) is 24.4 Å². The average Bonchev–Trinajstić information content (AvgIpc) is 3.56. The third-order valence-electron chi connectivity index (χ3n) is 7.01. The lowest BCUT2D eigenvalue weighted by Gasteiger charge is -2.29. The van der Waals surface area contributed by atoms with Crippen LogP contribution in [0.1, 0.15) is 60.8 Å². The molecule has 1 aromatic carbocycles. The fourth-order valence-corrected chi connectivity index (χ4v) is 4.90. The third kappa shape index (κ3) is 4.68. The number of hydrogen-bond acceptors (Lipinski definition) is 7. The third-order valence-corrected chi connectivity index (χ3v) is 7.01. The smallest absolute Gasteiger partial charge is 0.270 e. The number of nitrogens with one attached hydrogen (secondary N) is 2. The maximum absolute atomic E-state index is 13.6. The maximum Gasteiger partial charge on any atom is 0.270 e. The number of pyridine rings is 1. The summed E-state index contributed by atoms with van der Waals surface area (Å²) in [4.78, 5) is 18.2. The van der Waals surface area contributed by atoms with Crippen molar-refractivity contribution in [2.45, 2.75) is 51.5 Å². The lowest BCUT2D eigenvalue weighted by atomic mass is 9.90. The van der Waals surface area contributed by atoms with E-state index in [2.05, 4.69) is 30.9 Å². The number of rotatable bonds is 8. The number of ether oxygens (including phenoxy) is 1. The number of carbonyl (C=O) groups excluding carboxylic acids is 1. The number of amides is 1. The lowest BCUT2D eigenvalue weighted by molar-refractivity contribution is 0.0843. The highest BCUT2D eigenvalue weighted by Crippen LogP contribution is 2.29. The van der Waals surface area contributed by atoms with E-state index in [4.69, 9.17) is 4.74 Å². The van der Waals surface area contributed by atoms with Crippen LogP contribution >= 0.6 is 0 Å². The number of aromatic nitrogens is 6. The lowest BCUT2D eigenvalue weighted by Crippen LogP contribution is -2.46. The zero-order valence-corrected chi connectivity index (χ0v) is 20.6. The summed E-state index contributed by atoms with van der Waals surface area (Å²) in [6.45, 7) is 3.93. The normalized spacial score (nSPS) is 16.1. The minimum Gasteiger partial charge on any atom is -0.489 e. The van der Waals surface area contributed by atoms with Crippen molar-refractivity contribution in [3.05, 3.63) is 59.5 Å². The molecule has 0 saturated heterocycles. The van der Waals surface area contributed by atoms with E-state index >= 15 is 0 Å². The molecule has 1 fully saturated rings. The molecule has 3 aromatic heterocycles. The van der Waals surface area contributed by atoms with E-state index in [0.29, 0.717) is 46.7 Å². The van der Waals surface area contributed by atoms with Gasteiger partial charge in [-0.25, -0.2) is 4.98 Å². The van der Waals surface area contributed by atoms with Gasteiger partial charge in [0, 0.05) is 11.8 Å². The maximum atomic E-state index is 13.6. The van der Waals surface area contributed by atoms with Gasteiger partial charge in [0.2, 0.25) is 5.82 Å². The summed E-state index contributed by atoms with van der Waals surface area (Å²) in [5, 5.41) is 27.4. The zero-order valence-electron chi connectivity index (χ0n) is 20.6. The summed E-state index contributed by atoms with van der Waals surface area (Å²) in [5.74, 6) is 1.32. The van der Waals surface area contributed by atoms with Crippen molar-refractivity contribution in [2.24, 2.45) is 5.92 Å². The number of carbonyl (C=O) groups is 1. The topological polar surface area (TPSA) is 130 Å². The number of tetrazole rings is 1. The van der Waals surface area contributed by atoms with Crippen molar-refractivity contribution in [3.63, 3.8) is 0 Å². The Morgan fingerprint density at radius 1 is 1.25 bits per heavy atom. The van der Waals surface area contributed by atoms with Gasteiger partial charge < -0.3 is 15.2 Å². The number of benzene rings is 1. The number of imidazole rings is 1. The first kappa shape index (κ1) is 23.9. The molecule has 10 nitrogen and oxygen atoms in total. The van der Waals surface area contributed by atoms with Gasteiger partial charge in [0.1, 0.15) is 5.69 Å². The van der Waals surface area contributed by atoms with E-state index in [1.165, 1.54) is 32.1 Å². The fraction of sp³-hybridized carbons (Fsp3) is 0.423. The van der Waals surface area contributed by atoms with Crippen LogP contribution in [0.15, 0.2) is 42.6 Å². The second-order valence-electron chi connectivity index (χ2n) is 9.69.